The highest BCUT2D eigenvalue weighted by molar-refractivity contribution is 8.07. The van der Waals surface area contributed by atoms with Crippen LogP contribution >= 0.6 is 18.5 Å². The van der Waals surface area contributed by atoms with E-state index < -0.39 is 6.72 Å². The van der Waals surface area contributed by atoms with Gasteiger partial charge in [0.25, 0.3) is 0 Å². The van der Waals surface area contributed by atoms with E-state index in [9.17, 15) is 0 Å². The molecule has 6 heteroatoms. The second-order valence-electron chi connectivity index (χ2n) is 5.04. The second-order valence-corrected chi connectivity index (χ2v) is 8.68. The fourth-order valence-corrected chi connectivity index (χ4v) is 4.79. The summed E-state index contributed by atoms with van der Waals surface area (Å²) in [5.41, 5.74) is 3.28. The number of thioether (sulfide) groups is 1. The Balaban J connectivity index is 2.25. The van der Waals surface area contributed by atoms with Gasteiger partial charge < -0.3 is 4.52 Å². The molecule has 2 aromatic carbocycles. The Bertz CT molecular complexity index is 720. The molecule has 0 fully saturated rings. The van der Waals surface area contributed by atoms with Crippen molar-refractivity contribution in [3.8, 4) is 11.1 Å². The van der Waals surface area contributed by atoms with Crippen molar-refractivity contribution in [2.45, 2.75) is 13.8 Å². The molecular weight excluding hydrogens is 371 g/mol. The third kappa shape index (κ3) is 5.98. The number of hydrogen-bond donors (Lipinski definition) is 0. The Labute approximate surface area is 159 Å². The summed E-state index contributed by atoms with van der Waals surface area (Å²) in [6.45, 7) is 1.89. The summed E-state index contributed by atoms with van der Waals surface area (Å²) in [4.78, 5) is 0. The van der Waals surface area contributed by atoms with E-state index in [1.54, 1.807) is 11.8 Å². The van der Waals surface area contributed by atoms with Gasteiger partial charge in [0.05, 0.1) is 13.2 Å². The van der Waals surface area contributed by atoms with Gasteiger partial charge in [0.2, 0.25) is 0 Å². The minimum absolute atomic E-state index is 0.455. The standard InChI is InChI=1S/C19H23O3PS2/c1-4-20-23(24,21-5-2)22-19(15-25-3)18-13-11-17(12-14-18)16-9-7-6-8-10-16/h6-15H,4-5H2,1-3H3/b19-15-. The SMILES string of the molecule is CCOP(=S)(OCC)O/C(=C\SC)c1ccc(-c2ccccc2)cc1. The summed E-state index contributed by atoms with van der Waals surface area (Å²) in [5, 5.41) is 1.93. The molecular formula is C19H23O3PS2. The molecule has 3 nitrogen and oxygen atoms in total. The molecule has 134 valence electrons. The maximum absolute atomic E-state index is 6.01. The van der Waals surface area contributed by atoms with Crippen LogP contribution in [0.1, 0.15) is 19.4 Å². The average Bonchev–Trinajstić information content (AvgIpc) is 2.63. The highest BCUT2D eigenvalue weighted by Gasteiger charge is 2.23. The van der Waals surface area contributed by atoms with Gasteiger partial charge in [0.15, 0.2) is 0 Å². The van der Waals surface area contributed by atoms with Gasteiger partial charge in [0, 0.05) is 22.8 Å². The van der Waals surface area contributed by atoms with E-state index in [1.807, 2.05) is 55.8 Å². The summed E-state index contributed by atoms with van der Waals surface area (Å²) < 4.78 is 17.2. The normalized spacial score (nSPS) is 12.2. The van der Waals surface area contributed by atoms with Crippen molar-refractivity contribution in [3.63, 3.8) is 0 Å². The molecule has 0 aliphatic rings. The molecule has 2 rings (SSSR count). The molecule has 0 bridgehead atoms. The van der Waals surface area contributed by atoms with Crippen molar-refractivity contribution >= 4 is 36.0 Å². The van der Waals surface area contributed by atoms with E-state index in [2.05, 4.69) is 24.3 Å². The first-order chi connectivity index (χ1) is 12.1. The first-order valence-electron chi connectivity index (χ1n) is 8.09. The van der Waals surface area contributed by atoms with Gasteiger partial charge in [-0.25, -0.2) is 0 Å². The van der Waals surface area contributed by atoms with Crippen LogP contribution < -0.4 is 0 Å². The van der Waals surface area contributed by atoms with Crippen molar-refractivity contribution < 1.29 is 13.6 Å². The highest BCUT2D eigenvalue weighted by Crippen LogP contribution is 2.53. The van der Waals surface area contributed by atoms with Crippen LogP contribution in [-0.4, -0.2) is 19.5 Å². The zero-order valence-corrected chi connectivity index (χ0v) is 17.2. The molecule has 0 unspecified atom stereocenters. The smallest absolute Gasteiger partial charge is 0.380 e. The Morgan fingerprint density at radius 3 is 2.04 bits per heavy atom. The van der Waals surface area contributed by atoms with Crippen LogP contribution in [-0.2, 0) is 25.4 Å². The summed E-state index contributed by atoms with van der Waals surface area (Å²) in [5.74, 6) is 0.678. The van der Waals surface area contributed by atoms with Crippen molar-refractivity contribution in [3.05, 3.63) is 65.6 Å². The third-order valence-electron chi connectivity index (χ3n) is 3.29. The minimum Gasteiger partial charge on any atom is -0.423 e. The molecule has 0 heterocycles. The summed E-state index contributed by atoms with van der Waals surface area (Å²) in [6, 6.07) is 18.5. The molecule has 0 N–H and O–H groups in total. The zero-order valence-electron chi connectivity index (χ0n) is 14.7. The van der Waals surface area contributed by atoms with Crippen LogP contribution in [0.15, 0.2) is 60.0 Å². The molecule has 0 aromatic heterocycles. The monoisotopic (exact) mass is 394 g/mol. The van der Waals surface area contributed by atoms with Gasteiger partial charge in [-0.05, 0) is 31.2 Å². The highest BCUT2D eigenvalue weighted by atomic mass is 32.5. The summed E-state index contributed by atoms with van der Waals surface area (Å²) >= 11 is 7.04. The van der Waals surface area contributed by atoms with Crippen molar-refractivity contribution in [1.82, 2.24) is 0 Å². The molecule has 0 aliphatic heterocycles. The van der Waals surface area contributed by atoms with Crippen LogP contribution in [0, 0.1) is 0 Å². The van der Waals surface area contributed by atoms with E-state index in [4.69, 9.17) is 25.4 Å². The molecule has 0 atom stereocenters. The van der Waals surface area contributed by atoms with Crippen LogP contribution in [0.5, 0.6) is 0 Å². The van der Waals surface area contributed by atoms with E-state index in [0.717, 1.165) is 11.1 Å². The summed E-state index contributed by atoms with van der Waals surface area (Å²) in [6.07, 6.45) is 1.98. The maximum atomic E-state index is 6.01. The number of hydrogen-bond acceptors (Lipinski definition) is 5. The second kappa shape index (κ2) is 10.1. The van der Waals surface area contributed by atoms with Gasteiger partial charge >= 0.3 is 6.72 Å². The predicted molar refractivity (Wildman–Crippen MR) is 112 cm³/mol. The fourth-order valence-electron chi connectivity index (χ4n) is 2.23. The predicted octanol–water partition coefficient (Wildman–Crippen LogP) is 6.33. The first kappa shape index (κ1) is 20.2. The van der Waals surface area contributed by atoms with Gasteiger partial charge in [-0.2, -0.15) is 0 Å². The molecule has 25 heavy (non-hydrogen) atoms. The van der Waals surface area contributed by atoms with Gasteiger partial charge in [-0.1, -0.05) is 54.6 Å². The molecule has 0 radical (unpaired) electrons. The lowest BCUT2D eigenvalue weighted by Gasteiger charge is -2.23. The van der Waals surface area contributed by atoms with Crippen LogP contribution in [0.4, 0.5) is 0 Å². The molecule has 0 spiro atoms. The topological polar surface area (TPSA) is 27.7 Å². The largest absolute Gasteiger partial charge is 0.423 e. The summed E-state index contributed by atoms with van der Waals surface area (Å²) in [7, 11) is 0. The molecule has 0 aliphatic carbocycles. The van der Waals surface area contributed by atoms with Crippen molar-refractivity contribution in [2.24, 2.45) is 0 Å². The Kier molecular flexibility index (Phi) is 8.20. The molecule has 2 aromatic rings. The Morgan fingerprint density at radius 1 is 0.960 bits per heavy atom. The lowest BCUT2D eigenvalue weighted by molar-refractivity contribution is 0.210. The third-order valence-corrected chi connectivity index (χ3v) is 6.16. The van der Waals surface area contributed by atoms with E-state index in [1.165, 1.54) is 5.56 Å². The lowest BCUT2D eigenvalue weighted by atomic mass is 10.0. The minimum atomic E-state index is -2.79. The van der Waals surface area contributed by atoms with Crippen LogP contribution in [0.25, 0.3) is 16.9 Å². The van der Waals surface area contributed by atoms with Crippen molar-refractivity contribution in [2.75, 3.05) is 19.5 Å². The van der Waals surface area contributed by atoms with Crippen molar-refractivity contribution in [1.29, 1.82) is 0 Å². The fraction of sp³-hybridized carbons (Fsp3) is 0.263. The Hall–Kier alpha value is -1.10. The molecule has 0 saturated carbocycles. The quantitative estimate of drug-likeness (QED) is 0.366. The van der Waals surface area contributed by atoms with Gasteiger partial charge in [-0.15, -0.1) is 11.8 Å². The number of benzene rings is 2. The van der Waals surface area contributed by atoms with Gasteiger partial charge in [0.1, 0.15) is 5.76 Å². The van der Waals surface area contributed by atoms with Crippen LogP contribution in [0.2, 0.25) is 0 Å². The first-order valence-corrected chi connectivity index (χ1v) is 11.9. The molecule has 0 saturated heterocycles. The van der Waals surface area contributed by atoms with E-state index >= 15 is 0 Å². The lowest BCUT2D eigenvalue weighted by Crippen LogP contribution is -2.00. The average molecular weight is 394 g/mol. The van der Waals surface area contributed by atoms with E-state index in [0.29, 0.717) is 19.0 Å². The Morgan fingerprint density at radius 2 is 1.52 bits per heavy atom. The van der Waals surface area contributed by atoms with Crippen LogP contribution in [0.3, 0.4) is 0 Å². The van der Waals surface area contributed by atoms with E-state index in [-0.39, 0.29) is 0 Å². The maximum Gasteiger partial charge on any atom is 0.380 e. The zero-order chi connectivity index (χ0) is 18.1. The van der Waals surface area contributed by atoms with Gasteiger partial charge in [-0.3, -0.25) is 9.05 Å². The number of rotatable bonds is 9. The molecule has 0 amide bonds.